The van der Waals surface area contributed by atoms with Crippen LogP contribution in [0.3, 0.4) is 0 Å². The summed E-state index contributed by atoms with van der Waals surface area (Å²) in [5.41, 5.74) is 2.31. The van der Waals surface area contributed by atoms with Crippen molar-refractivity contribution < 1.29 is 17.9 Å². The van der Waals surface area contributed by atoms with Crippen molar-refractivity contribution in [3.8, 4) is 17.2 Å². The van der Waals surface area contributed by atoms with Crippen molar-refractivity contribution in [3.63, 3.8) is 0 Å². The highest BCUT2D eigenvalue weighted by molar-refractivity contribution is 9.10. The number of rotatable bonds is 6. The van der Waals surface area contributed by atoms with Crippen LogP contribution in [0, 0.1) is 11.3 Å². The van der Waals surface area contributed by atoms with E-state index >= 15 is 0 Å². The van der Waals surface area contributed by atoms with Crippen LogP contribution in [0.4, 0.5) is 13.2 Å². The molecule has 0 saturated carbocycles. The van der Waals surface area contributed by atoms with Gasteiger partial charge in [-0.2, -0.15) is 18.4 Å². The number of hydrogen-bond donors (Lipinski definition) is 0. The summed E-state index contributed by atoms with van der Waals surface area (Å²) in [5.74, 6) is 0. The Kier molecular flexibility index (Phi) is 7.65. The van der Waals surface area contributed by atoms with Gasteiger partial charge < -0.3 is 9.64 Å². The standard InChI is InChI=1S/C28H26BrF3N2O/c1-34-12-10-27(11-13-34,24-6-8-26(29)9-7-24)19-35-18-21-14-23(16-25(15-21)28(30,31)32)22-4-2-20(17-33)3-5-22/h2-9,14-16H,10-13,18-19H2,1H3. The number of alkyl halides is 3. The molecular formula is C28H26BrF3N2O. The molecule has 182 valence electrons. The fourth-order valence-corrected chi connectivity index (χ4v) is 4.84. The second kappa shape index (κ2) is 10.5. The van der Waals surface area contributed by atoms with E-state index in [2.05, 4.69) is 40.0 Å². The van der Waals surface area contributed by atoms with Gasteiger partial charge in [0.15, 0.2) is 0 Å². The molecule has 3 aromatic carbocycles. The first-order chi connectivity index (χ1) is 16.7. The normalized spacial score (nSPS) is 16.1. The second-order valence-electron chi connectivity index (χ2n) is 9.19. The Balaban J connectivity index is 1.57. The van der Waals surface area contributed by atoms with Crippen molar-refractivity contribution in [2.75, 3.05) is 26.7 Å². The lowest BCUT2D eigenvalue weighted by molar-refractivity contribution is -0.137. The molecule has 7 heteroatoms. The number of halogens is 4. The van der Waals surface area contributed by atoms with Crippen molar-refractivity contribution in [2.45, 2.75) is 31.0 Å². The van der Waals surface area contributed by atoms with Gasteiger partial charge in [-0.1, -0.05) is 40.2 Å². The summed E-state index contributed by atoms with van der Waals surface area (Å²) >= 11 is 3.49. The minimum Gasteiger partial charge on any atom is -0.376 e. The molecule has 0 radical (unpaired) electrons. The minimum absolute atomic E-state index is 0.0846. The molecular weight excluding hydrogens is 517 g/mol. The molecule has 1 aliphatic rings. The van der Waals surface area contributed by atoms with E-state index in [0.29, 0.717) is 28.9 Å². The molecule has 0 aliphatic carbocycles. The summed E-state index contributed by atoms with van der Waals surface area (Å²) in [6, 6.07) is 20.9. The molecule has 0 unspecified atom stereocenters. The van der Waals surface area contributed by atoms with E-state index in [-0.39, 0.29) is 12.0 Å². The Morgan fingerprint density at radius 2 is 1.63 bits per heavy atom. The molecule has 1 heterocycles. The lowest BCUT2D eigenvalue weighted by Gasteiger charge is -2.41. The molecule has 0 atom stereocenters. The maximum absolute atomic E-state index is 13.7. The zero-order valence-electron chi connectivity index (χ0n) is 19.4. The quantitative estimate of drug-likeness (QED) is 0.330. The molecule has 3 nitrogen and oxygen atoms in total. The van der Waals surface area contributed by atoms with E-state index < -0.39 is 11.7 Å². The van der Waals surface area contributed by atoms with Gasteiger partial charge in [-0.3, -0.25) is 0 Å². The molecule has 0 N–H and O–H groups in total. The number of nitrogens with zero attached hydrogens (tertiary/aromatic N) is 2. The van der Waals surface area contributed by atoms with Crippen LogP contribution in [-0.2, 0) is 22.9 Å². The van der Waals surface area contributed by atoms with Crippen molar-refractivity contribution >= 4 is 15.9 Å². The van der Waals surface area contributed by atoms with Gasteiger partial charge in [0, 0.05) is 9.89 Å². The Morgan fingerprint density at radius 3 is 2.23 bits per heavy atom. The van der Waals surface area contributed by atoms with Crippen LogP contribution in [0.2, 0.25) is 0 Å². The highest BCUT2D eigenvalue weighted by atomic mass is 79.9. The summed E-state index contributed by atoms with van der Waals surface area (Å²) in [7, 11) is 2.10. The smallest absolute Gasteiger partial charge is 0.376 e. The molecule has 0 amide bonds. The Bertz CT molecular complexity index is 1190. The summed E-state index contributed by atoms with van der Waals surface area (Å²) in [6.07, 6.45) is -2.63. The van der Waals surface area contributed by atoms with Crippen LogP contribution in [-0.4, -0.2) is 31.6 Å². The SMILES string of the molecule is CN1CCC(COCc2cc(-c3ccc(C#N)cc3)cc(C(F)(F)F)c2)(c2ccc(Br)cc2)CC1. The second-order valence-corrected chi connectivity index (χ2v) is 10.1. The summed E-state index contributed by atoms with van der Waals surface area (Å²) < 4.78 is 48.1. The first-order valence-electron chi connectivity index (χ1n) is 11.4. The number of hydrogen-bond acceptors (Lipinski definition) is 3. The van der Waals surface area contributed by atoms with Crippen LogP contribution in [0.25, 0.3) is 11.1 Å². The van der Waals surface area contributed by atoms with Crippen molar-refractivity contribution in [2.24, 2.45) is 0 Å². The number of benzene rings is 3. The molecule has 0 spiro atoms. The fourth-order valence-electron chi connectivity index (χ4n) is 4.57. The molecule has 0 bridgehead atoms. The summed E-state index contributed by atoms with van der Waals surface area (Å²) in [4.78, 5) is 2.29. The summed E-state index contributed by atoms with van der Waals surface area (Å²) in [5, 5.41) is 9.01. The summed E-state index contributed by atoms with van der Waals surface area (Å²) in [6.45, 7) is 2.39. The predicted octanol–water partition coefficient (Wildman–Crippen LogP) is 7.19. The zero-order chi connectivity index (χ0) is 25.1. The third kappa shape index (κ3) is 6.13. The highest BCUT2D eigenvalue weighted by Crippen LogP contribution is 2.37. The average molecular weight is 543 g/mol. The maximum atomic E-state index is 13.7. The van der Waals surface area contributed by atoms with E-state index in [0.717, 1.165) is 42.5 Å². The van der Waals surface area contributed by atoms with Gasteiger partial charge in [-0.25, -0.2) is 0 Å². The zero-order valence-corrected chi connectivity index (χ0v) is 21.0. The Morgan fingerprint density at radius 1 is 0.971 bits per heavy atom. The lowest BCUT2D eigenvalue weighted by Crippen LogP contribution is -2.43. The van der Waals surface area contributed by atoms with E-state index in [9.17, 15) is 13.2 Å². The topological polar surface area (TPSA) is 36.3 Å². The van der Waals surface area contributed by atoms with Crippen LogP contribution in [0.5, 0.6) is 0 Å². The monoisotopic (exact) mass is 542 g/mol. The maximum Gasteiger partial charge on any atom is 0.416 e. The molecule has 35 heavy (non-hydrogen) atoms. The van der Waals surface area contributed by atoms with E-state index in [1.54, 1.807) is 30.3 Å². The first kappa shape index (κ1) is 25.4. The molecule has 1 aliphatic heterocycles. The highest BCUT2D eigenvalue weighted by Gasteiger charge is 2.36. The molecule has 3 aromatic rings. The van der Waals surface area contributed by atoms with Gasteiger partial charge in [0.05, 0.1) is 30.4 Å². The van der Waals surface area contributed by atoms with Gasteiger partial charge >= 0.3 is 6.18 Å². The van der Waals surface area contributed by atoms with E-state index in [1.807, 2.05) is 18.2 Å². The fraction of sp³-hybridized carbons (Fsp3) is 0.321. The molecule has 1 saturated heterocycles. The number of likely N-dealkylation sites (tertiary alicyclic amines) is 1. The molecule has 1 fully saturated rings. The van der Waals surface area contributed by atoms with Gasteiger partial charge in [-0.05, 0) is 97.7 Å². The van der Waals surface area contributed by atoms with Crippen molar-refractivity contribution in [3.05, 3.63) is 93.5 Å². The van der Waals surface area contributed by atoms with E-state index in [1.165, 1.54) is 5.56 Å². The number of piperidine rings is 1. The third-order valence-electron chi connectivity index (χ3n) is 6.72. The van der Waals surface area contributed by atoms with E-state index in [4.69, 9.17) is 10.00 Å². The van der Waals surface area contributed by atoms with Crippen LogP contribution in [0.15, 0.2) is 71.2 Å². The van der Waals surface area contributed by atoms with Crippen molar-refractivity contribution in [1.29, 1.82) is 5.26 Å². The van der Waals surface area contributed by atoms with Crippen LogP contribution in [0.1, 0.15) is 35.1 Å². The first-order valence-corrected chi connectivity index (χ1v) is 12.2. The Labute approximate surface area is 212 Å². The van der Waals surface area contributed by atoms with Crippen LogP contribution < -0.4 is 0 Å². The van der Waals surface area contributed by atoms with Gasteiger partial charge in [0.25, 0.3) is 0 Å². The minimum atomic E-state index is -4.47. The van der Waals surface area contributed by atoms with Gasteiger partial charge in [-0.15, -0.1) is 0 Å². The largest absolute Gasteiger partial charge is 0.416 e. The number of nitriles is 1. The average Bonchev–Trinajstić information content (AvgIpc) is 2.85. The Hall–Kier alpha value is -2.66. The van der Waals surface area contributed by atoms with Gasteiger partial charge in [0.1, 0.15) is 0 Å². The predicted molar refractivity (Wildman–Crippen MR) is 134 cm³/mol. The molecule has 0 aromatic heterocycles. The van der Waals surface area contributed by atoms with Crippen LogP contribution >= 0.6 is 15.9 Å². The molecule has 4 rings (SSSR count). The van der Waals surface area contributed by atoms with Crippen molar-refractivity contribution in [1.82, 2.24) is 4.90 Å². The lowest BCUT2D eigenvalue weighted by atomic mass is 9.73. The van der Waals surface area contributed by atoms with Gasteiger partial charge in [0.2, 0.25) is 0 Å². The third-order valence-corrected chi connectivity index (χ3v) is 7.24. The number of ether oxygens (including phenoxy) is 1.